The third-order valence-electron chi connectivity index (χ3n) is 4.41. The average molecular weight is 326 g/mol. The van der Waals surface area contributed by atoms with Crippen molar-refractivity contribution >= 4 is 5.95 Å². The van der Waals surface area contributed by atoms with Crippen LogP contribution in [-0.2, 0) is 17.7 Å². The van der Waals surface area contributed by atoms with Crippen LogP contribution in [0.3, 0.4) is 0 Å². The van der Waals surface area contributed by atoms with E-state index in [0.29, 0.717) is 5.88 Å². The molecule has 2 aliphatic heterocycles. The van der Waals surface area contributed by atoms with Gasteiger partial charge in [-0.25, -0.2) is 4.98 Å². The maximum atomic E-state index is 6.11. The topological polar surface area (TPSA) is 59.5 Å². The Balaban J connectivity index is 1.68. The van der Waals surface area contributed by atoms with Crippen molar-refractivity contribution in [3.63, 3.8) is 0 Å². The fourth-order valence-electron chi connectivity index (χ4n) is 3.01. The molecule has 1 aromatic heterocycles. The maximum Gasteiger partial charge on any atom is 0.229 e. The average Bonchev–Trinajstić information content (AvgIpc) is 2.64. The molecule has 2 aromatic rings. The number of hydrogen-bond acceptors (Lipinski definition) is 6. The number of anilines is 1. The highest BCUT2D eigenvalue weighted by atomic mass is 16.5. The van der Waals surface area contributed by atoms with Crippen LogP contribution in [0.1, 0.15) is 16.8 Å². The number of morpholine rings is 1. The minimum Gasteiger partial charge on any atom is -0.439 e. The molecule has 1 fully saturated rings. The predicted molar refractivity (Wildman–Crippen MR) is 91.7 cm³/mol. The van der Waals surface area contributed by atoms with Gasteiger partial charge in [0.2, 0.25) is 11.8 Å². The van der Waals surface area contributed by atoms with E-state index in [0.717, 1.165) is 68.8 Å². The van der Waals surface area contributed by atoms with Crippen LogP contribution in [0.25, 0.3) is 0 Å². The third kappa shape index (κ3) is 3.20. The summed E-state index contributed by atoms with van der Waals surface area (Å²) in [7, 11) is 0. The lowest BCUT2D eigenvalue weighted by atomic mass is 10.1. The Morgan fingerprint density at radius 1 is 1.12 bits per heavy atom. The van der Waals surface area contributed by atoms with E-state index in [4.69, 9.17) is 19.4 Å². The molecule has 3 heterocycles. The van der Waals surface area contributed by atoms with E-state index in [2.05, 4.69) is 17.1 Å². The van der Waals surface area contributed by atoms with Crippen molar-refractivity contribution in [3.8, 4) is 11.6 Å². The van der Waals surface area contributed by atoms with E-state index in [1.165, 1.54) is 5.56 Å². The fourth-order valence-corrected chi connectivity index (χ4v) is 3.01. The monoisotopic (exact) mass is 326 g/mol. The second-order valence-electron chi connectivity index (χ2n) is 6.20. The number of aryl methyl sites for hydroxylation is 1. The van der Waals surface area contributed by atoms with Crippen LogP contribution in [0.15, 0.2) is 24.3 Å². The lowest BCUT2D eigenvalue weighted by Gasteiger charge is -2.28. The molecule has 0 bridgehead atoms. The number of benzene rings is 1. The normalized spacial score (nSPS) is 17.5. The second kappa shape index (κ2) is 6.75. The Labute approximate surface area is 141 Å². The summed E-state index contributed by atoms with van der Waals surface area (Å²) in [5.74, 6) is 2.22. The van der Waals surface area contributed by atoms with Gasteiger partial charge in [-0.05, 0) is 19.1 Å². The van der Waals surface area contributed by atoms with Crippen LogP contribution < -0.4 is 15.0 Å². The number of nitrogens with zero attached hydrogens (tertiary/aromatic N) is 3. The Kier molecular flexibility index (Phi) is 4.32. The van der Waals surface area contributed by atoms with Crippen LogP contribution in [0.2, 0.25) is 0 Å². The first-order valence-corrected chi connectivity index (χ1v) is 8.47. The zero-order valence-corrected chi connectivity index (χ0v) is 13.9. The molecule has 4 rings (SSSR count). The Hall–Kier alpha value is -2.18. The van der Waals surface area contributed by atoms with Crippen LogP contribution in [0.4, 0.5) is 5.95 Å². The third-order valence-corrected chi connectivity index (χ3v) is 4.41. The van der Waals surface area contributed by atoms with Crippen molar-refractivity contribution in [1.29, 1.82) is 0 Å². The van der Waals surface area contributed by atoms with Gasteiger partial charge >= 0.3 is 0 Å². The molecule has 1 N–H and O–H groups in total. The summed E-state index contributed by atoms with van der Waals surface area (Å²) in [6, 6.07) is 8.05. The summed E-state index contributed by atoms with van der Waals surface area (Å²) in [5.41, 5.74) is 3.37. The van der Waals surface area contributed by atoms with Crippen LogP contribution in [0, 0.1) is 6.92 Å². The lowest BCUT2D eigenvalue weighted by molar-refractivity contribution is 0.122. The van der Waals surface area contributed by atoms with Crippen LogP contribution in [0.5, 0.6) is 11.6 Å². The largest absolute Gasteiger partial charge is 0.439 e. The van der Waals surface area contributed by atoms with Crippen LogP contribution in [-0.4, -0.2) is 42.8 Å². The van der Waals surface area contributed by atoms with Gasteiger partial charge in [-0.2, -0.15) is 4.98 Å². The summed E-state index contributed by atoms with van der Waals surface area (Å²) in [6.45, 7) is 6.83. The summed E-state index contributed by atoms with van der Waals surface area (Å²) in [6.07, 6.45) is 0.902. The first kappa shape index (κ1) is 15.4. The molecule has 0 spiro atoms. The van der Waals surface area contributed by atoms with Gasteiger partial charge < -0.3 is 19.7 Å². The number of fused-ring (bicyclic) bond motifs is 1. The molecule has 6 heteroatoms. The molecule has 0 amide bonds. The molecule has 1 saturated heterocycles. The molecular formula is C18H22N4O2. The van der Waals surface area contributed by atoms with E-state index >= 15 is 0 Å². The number of rotatable bonds is 3. The second-order valence-corrected chi connectivity index (χ2v) is 6.20. The van der Waals surface area contributed by atoms with Gasteiger partial charge in [-0.3, -0.25) is 0 Å². The molecule has 0 aliphatic carbocycles. The number of aromatic nitrogens is 2. The quantitative estimate of drug-likeness (QED) is 0.932. The Morgan fingerprint density at radius 3 is 2.71 bits per heavy atom. The Morgan fingerprint density at radius 2 is 1.92 bits per heavy atom. The van der Waals surface area contributed by atoms with Gasteiger partial charge in [-0.15, -0.1) is 0 Å². The van der Waals surface area contributed by atoms with Gasteiger partial charge in [0, 0.05) is 32.6 Å². The highest BCUT2D eigenvalue weighted by Gasteiger charge is 2.22. The minimum absolute atomic E-state index is 0.664. The standard InChI is InChI=1S/C18H22N4O2/c1-13-2-4-14(5-3-13)24-17-15-12-19-7-6-16(15)20-18(21-17)22-8-10-23-11-9-22/h2-5,19H,6-12H2,1H3. The summed E-state index contributed by atoms with van der Waals surface area (Å²) >= 11 is 0. The van der Waals surface area contributed by atoms with Crippen molar-refractivity contribution in [3.05, 3.63) is 41.1 Å². The number of ether oxygens (including phenoxy) is 2. The van der Waals surface area contributed by atoms with E-state index in [-0.39, 0.29) is 0 Å². The van der Waals surface area contributed by atoms with Crippen molar-refractivity contribution in [2.24, 2.45) is 0 Å². The SMILES string of the molecule is Cc1ccc(Oc2nc(N3CCOCC3)nc3c2CNCC3)cc1. The smallest absolute Gasteiger partial charge is 0.229 e. The molecule has 24 heavy (non-hydrogen) atoms. The highest BCUT2D eigenvalue weighted by Crippen LogP contribution is 2.29. The maximum absolute atomic E-state index is 6.11. The van der Waals surface area contributed by atoms with E-state index in [1.807, 2.05) is 24.3 Å². The first-order chi connectivity index (χ1) is 11.8. The Bertz CT molecular complexity index is 712. The molecule has 0 saturated carbocycles. The summed E-state index contributed by atoms with van der Waals surface area (Å²) < 4.78 is 11.5. The van der Waals surface area contributed by atoms with Gasteiger partial charge in [0.15, 0.2) is 0 Å². The van der Waals surface area contributed by atoms with Gasteiger partial charge in [0.25, 0.3) is 0 Å². The molecule has 0 unspecified atom stereocenters. The summed E-state index contributed by atoms with van der Waals surface area (Å²) in [4.78, 5) is 11.7. The summed E-state index contributed by atoms with van der Waals surface area (Å²) in [5, 5.41) is 3.38. The van der Waals surface area contributed by atoms with Crippen molar-refractivity contribution in [1.82, 2.24) is 15.3 Å². The van der Waals surface area contributed by atoms with Crippen molar-refractivity contribution in [2.75, 3.05) is 37.7 Å². The van der Waals surface area contributed by atoms with Crippen LogP contribution >= 0.6 is 0 Å². The van der Waals surface area contributed by atoms with Gasteiger partial charge in [0.1, 0.15) is 5.75 Å². The van der Waals surface area contributed by atoms with Gasteiger partial charge in [0.05, 0.1) is 24.5 Å². The van der Waals surface area contributed by atoms with E-state index in [1.54, 1.807) is 0 Å². The predicted octanol–water partition coefficient (Wildman–Crippen LogP) is 2.06. The van der Waals surface area contributed by atoms with Crippen molar-refractivity contribution in [2.45, 2.75) is 19.9 Å². The highest BCUT2D eigenvalue weighted by molar-refractivity contribution is 5.43. The van der Waals surface area contributed by atoms with E-state index in [9.17, 15) is 0 Å². The number of hydrogen-bond donors (Lipinski definition) is 1. The molecule has 126 valence electrons. The molecule has 0 atom stereocenters. The molecule has 0 radical (unpaired) electrons. The number of nitrogens with one attached hydrogen (secondary N) is 1. The van der Waals surface area contributed by atoms with E-state index < -0.39 is 0 Å². The fraction of sp³-hybridized carbons (Fsp3) is 0.444. The molecule has 1 aromatic carbocycles. The first-order valence-electron chi connectivity index (χ1n) is 8.47. The van der Waals surface area contributed by atoms with Crippen molar-refractivity contribution < 1.29 is 9.47 Å². The molecular weight excluding hydrogens is 304 g/mol. The zero-order chi connectivity index (χ0) is 16.4. The molecule has 2 aliphatic rings. The van der Waals surface area contributed by atoms with Gasteiger partial charge in [-0.1, -0.05) is 17.7 Å². The molecule has 6 nitrogen and oxygen atoms in total. The zero-order valence-electron chi connectivity index (χ0n) is 13.9. The minimum atomic E-state index is 0.664. The lowest BCUT2D eigenvalue weighted by Crippen LogP contribution is -2.38.